The van der Waals surface area contributed by atoms with Gasteiger partial charge in [0.05, 0.1) is 6.04 Å². The molecule has 0 fully saturated rings. The molecule has 0 aliphatic rings. The van der Waals surface area contributed by atoms with Gasteiger partial charge in [-0.15, -0.1) is 11.3 Å². The maximum atomic E-state index is 4.32. The average Bonchev–Trinajstić information content (AvgIpc) is 2.86. The molecule has 90 valence electrons. The van der Waals surface area contributed by atoms with Crippen LogP contribution in [0.3, 0.4) is 0 Å². The summed E-state index contributed by atoms with van der Waals surface area (Å²) in [6.45, 7) is 4.34. The first-order valence-corrected chi connectivity index (χ1v) is 6.92. The van der Waals surface area contributed by atoms with Crippen molar-refractivity contribution in [1.29, 1.82) is 0 Å². The van der Waals surface area contributed by atoms with Gasteiger partial charge in [0.25, 0.3) is 0 Å². The van der Waals surface area contributed by atoms with Crippen LogP contribution in [0.1, 0.15) is 36.9 Å². The molecule has 0 saturated heterocycles. The van der Waals surface area contributed by atoms with Crippen molar-refractivity contribution in [1.82, 2.24) is 4.98 Å². The van der Waals surface area contributed by atoms with Crippen molar-refractivity contribution in [3.8, 4) is 0 Å². The Kier molecular flexibility index (Phi) is 4.15. The molecule has 2 nitrogen and oxygen atoms in total. The number of hydrogen-bond acceptors (Lipinski definition) is 3. The van der Waals surface area contributed by atoms with E-state index in [0.29, 0.717) is 0 Å². The van der Waals surface area contributed by atoms with E-state index in [4.69, 9.17) is 0 Å². The summed E-state index contributed by atoms with van der Waals surface area (Å²) in [5, 5.41) is 6.60. The third-order valence-corrected chi connectivity index (χ3v) is 3.66. The number of hydrogen-bond donors (Lipinski definition) is 1. The van der Waals surface area contributed by atoms with Gasteiger partial charge in [-0.2, -0.15) is 0 Å². The van der Waals surface area contributed by atoms with E-state index >= 15 is 0 Å². The number of thiazole rings is 1. The average molecular weight is 246 g/mol. The van der Waals surface area contributed by atoms with Gasteiger partial charge < -0.3 is 5.32 Å². The number of nitrogens with one attached hydrogen (secondary N) is 1. The first-order chi connectivity index (χ1) is 8.29. The Labute approximate surface area is 107 Å². The number of anilines is 1. The molecule has 0 aliphatic heterocycles. The zero-order valence-corrected chi connectivity index (χ0v) is 11.1. The van der Waals surface area contributed by atoms with Gasteiger partial charge in [0, 0.05) is 17.3 Å². The first-order valence-electron chi connectivity index (χ1n) is 6.04. The van der Waals surface area contributed by atoms with Crippen molar-refractivity contribution in [2.75, 3.05) is 5.32 Å². The molecule has 17 heavy (non-hydrogen) atoms. The summed E-state index contributed by atoms with van der Waals surface area (Å²) < 4.78 is 0. The van der Waals surface area contributed by atoms with E-state index in [1.807, 2.05) is 11.6 Å². The van der Waals surface area contributed by atoms with Crippen LogP contribution in [0, 0.1) is 0 Å². The van der Waals surface area contributed by atoms with Gasteiger partial charge in [0.2, 0.25) is 0 Å². The van der Waals surface area contributed by atoms with Crippen molar-refractivity contribution in [2.24, 2.45) is 0 Å². The Morgan fingerprint density at radius 2 is 2.06 bits per heavy atom. The Morgan fingerprint density at radius 1 is 1.29 bits per heavy atom. The van der Waals surface area contributed by atoms with E-state index in [9.17, 15) is 0 Å². The quantitative estimate of drug-likeness (QED) is 0.852. The molecule has 2 aromatic rings. The molecule has 0 aliphatic carbocycles. The smallest absolute Gasteiger partial charge is 0.115 e. The minimum atomic E-state index is 0.270. The lowest BCUT2D eigenvalue weighted by molar-refractivity contribution is 0.868. The zero-order chi connectivity index (χ0) is 12.1. The normalized spacial score (nSPS) is 12.4. The highest BCUT2D eigenvalue weighted by molar-refractivity contribution is 7.09. The first kappa shape index (κ1) is 12.1. The standard InChI is InChI=1S/C14H18N2S/c1-3-4-12-5-7-13(8-6-12)16-11(2)14-15-9-10-17-14/h5-11,16H,3-4H2,1-2H3. The van der Waals surface area contributed by atoms with Gasteiger partial charge in [0.15, 0.2) is 0 Å². The third-order valence-electron chi connectivity index (χ3n) is 2.70. The maximum Gasteiger partial charge on any atom is 0.115 e. The van der Waals surface area contributed by atoms with Gasteiger partial charge in [-0.3, -0.25) is 0 Å². The molecule has 0 amide bonds. The summed E-state index contributed by atoms with van der Waals surface area (Å²) in [4.78, 5) is 4.32. The second-order valence-electron chi connectivity index (χ2n) is 4.18. The van der Waals surface area contributed by atoms with E-state index < -0.39 is 0 Å². The number of aromatic nitrogens is 1. The van der Waals surface area contributed by atoms with Crippen LogP contribution in [-0.4, -0.2) is 4.98 Å². The second kappa shape index (κ2) is 5.82. The Hall–Kier alpha value is -1.35. The largest absolute Gasteiger partial charge is 0.376 e. The van der Waals surface area contributed by atoms with E-state index in [1.54, 1.807) is 11.3 Å². The molecule has 1 aromatic carbocycles. The van der Waals surface area contributed by atoms with Crippen molar-refractivity contribution < 1.29 is 0 Å². The summed E-state index contributed by atoms with van der Waals surface area (Å²) in [7, 11) is 0. The van der Waals surface area contributed by atoms with Crippen LogP contribution >= 0.6 is 11.3 Å². The van der Waals surface area contributed by atoms with Crippen LogP contribution in [0.25, 0.3) is 0 Å². The highest BCUT2D eigenvalue weighted by Gasteiger charge is 2.07. The Bertz CT molecular complexity index is 434. The Morgan fingerprint density at radius 3 is 2.65 bits per heavy atom. The van der Waals surface area contributed by atoms with Crippen molar-refractivity contribution in [2.45, 2.75) is 32.7 Å². The van der Waals surface area contributed by atoms with Crippen molar-refractivity contribution in [3.63, 3.8) is 0 Å². The summed E-state index contributed by atoms with van der Waals surface area (Å²) in [5.74, 6) is 0. The molecule has 1 N–H and O–H groups in total. The number of aryl methyl sites for hydroxylation is 1. The topological polar surface area (TPSA) is 24.9 Å². The minimum Gasteiger partial charge on any atom is -0.376 e. The molecule has 0 bridgehead atoms. The molecule has 0 spiro atoms. The van der Waals surface area contributed by atoms with Gasteiger partial charge in [-0.25, -0.2) is 4.98 Å². The summed E-state index contributed by atoms with van der Waals surface area (Å²) in [6.07, 6.45) is 4.20. The molecular formula is C14H18N2S. The summed E-state index contributed by atoms with van der Waals surface area (Å²) in [5.41, 5.74) is 2.56. The van der Waals surface area contributed by atoms with Gasteiger partial charge >= 0.3 is 0 Å². The highest BCUT2D eigenvalue weighted by Crippen LogP contribution is 2.21. The van der Waals surface area contributed by atoms with Crippen LogP contribution in [0.4, 0.5) is 5.69 Å². The number of benzene rings is 1. The van der Waals surface area contributed by atoms with Crippen LogP contribution in [-0.2, 0) is 6.42 Å². The molecule has 1 unspecified atom stereocenters. The number of nitrogens with zero attached hydrogens (tertiary/aromatic N) is 1. The van der Waals surface area contributed by atoms with Crippen LogP contribution in [0.2, 0.25) is 0 Å². The lowest BCUT2D eigenvalue weighted by atomic mass is 10.1. The molecular weight excluding hydrogens is 228 g/mol. The van der Waals surface area contributed by atoms with Crippen LogP contribution in [0.5, 0.6) is 0 Å². The van der Waals surface area contributed by atoms with E-state index in [2.05, 4.69) is 48.4 Å². The molecule has 0 radical (unpaired) electrons. The monoisotopic (exact) mass is 246 g/mol. The molecule has 1 aromatic heterocycles. The van der Waals surface area contributed by atoms with Crippen LogP contribution in [0.15, 0.2) is 35.8 Å². The zero-order valence-electron chi connectivity index (χ0n) is 10.3. The maximum absolute atomic E-state index is 4.32. The van der Waals surface area contributed by atoms with E-state index in [-0.39, 0.29) is 6.04 Å². The van der Waals surface area contributed by atoms with Gasteiger partial charge in [0.1, 0.15) is 5.01 Å². The fourth-order valence-electron chi connectivity index (χ4n) is 1.82. The van der Waals surface area contributed by atoms with E-state index in [0.717, 1.165) is 17.1 Å². The predicted octanol–water partition coefficient (Wildman–Crippen LogP) is 4.27. The predicted molar refractivity (Wildman–Crippen MR) is 74.6 cm³/mol. The Balaban J connectivity index is 1.99. The SMILES string of the molecule is CCCc1ccc(NC(C)c2nccs2)cc1. The van der Waals surface area contributed by atoms with Crippen LogP contribution < -0.4 is 5.32 Å². The summed E-state index contributed by atoms with van der Waals surface area (Å²) >= 11 is 1.69. The molecule has 1 heterocycles. The number of rotatable bonds is 5. The third kappa shape index (κ3) is 3.30. The van der Waals surface area contributed by atoms with Gasteiger partial charge in [-0.05, 0) is 31.0 Å². The van der Waals surface area contributed by atoms with Gasteiger partial charge in [-0.1, -0.05) is 25.5 Å². The molecule has 1 atom stereocenters. The minimum absolute atomic E-state index is 0.270. The molecule has 3 heteroatoms. The lowest BCUT2D eigenvalue weighted by Gasteiger charge is -2.13. The second-order valence-corrected chi connectivity index (χ2v) is 5.11. The molecule has 2 rings (SSSR count). The summed E-state index contributed by atoms with van der Waals surface area (Å²) in [6, 6.07) is 8.96. The fraction of sp³-hybridized carbons (Fsp3) is 0.357. The van der Waals surface area contributed by atoms with E-state index in [1.165, 1.54) is 12.0 Å². The highest BCUT2D eigenvalue weighted by atomic mass is 32.1. The van der Waals surface area contributed by atoms with Crippen molar-refractivity contribution in [3.05, 3.63) is 46.4 Å². The molecule has 0 saturated carbocycles. The van der Waals surface area contributed by atoms with Crippen molar-refractivity contribution >= 4 is 17.0 Å². The fourth-order valence-corrected chi connectivity index (χ4v) is 2.46. The lowest BCUT2D eigenvalue weighted by Crippen LogP contribution is -2.05.